The lowest BCUT2D eigenvalue weighted by Gasteiger charge is -2.27. The Morgan fingerprint density at radius 3 is 2.33 bits per heavy atom. The molecule has 1 N–H and O–H groups in total. The summed E-state index contributed by atoms with van der Waals surface area (Å²) in [5, 5.41) is 3.46. The molecule has 0 aliphatic carbocycles. The van der Waals surface area contributed by atoms with Crippen LogP contribution in [0, 0.1) is 19.3 Å². The topological polar surface area (TPSA) is 21.3 Å². The van der Waals surface area contributed by atoms with Crippen molar-refractivity contribution in [2.75, 3.05) is 26.8 Å². The van der Waals surface area contributed by atoms with Crippen LogP contribution in [0.1, 0.15) is 30.5 Å². The molecule has 0 aromatic heterocycles. The number of aryl methyl sites for hydroxylation is 2. The van der Waals surface area contributed by atoms with E-state index < -0.39 is 0 Å². The van der Waals surface area contributed by atoms with Crippen molar-refractivity contribution < 1.29 is 4.74 Å². The van der Waals surface area contributed by atoms with Crippen molar-refractivity contribution >= 4 is 0 Å². The van der Waals surface area contributed by atoms with Crippen LogP contribution in [0.15, 0.2) is 18.2 Å². The van der Waals surface area contributed by atoms with Crippen LogP contribution in [-0.2, 0) is 11.2 Å². The zero-order valence-electron chi connectivity index (χ0n) is 12.5. The third-order valence-electron chi connectivity index (χ3n) is 3.39. The molecular weight excluding hydrogens is 222 g/mol. The lowest BCUT2D eigenvalue weighted by Crippen LogP contribution is -2.33. The first kappa shape index (κ1) is 15.2. The maximum absolute atomic E-state index is 5.05. The highest BCUT2D eigenvalue weighted by Crippen LogP contribution is 2.25. The van der Waals surface area contributed by atoms with Crippen molar-refractivity contribution in [2.45, 2.75) is 34.1 Å². The van der Waals surface area contributed by atoms with Crippen LogP contribution in [0.5, 0.6) is 0 Å². The van der Waals surface area contributed by atoms with Crippen LogP contribution in [0.2, 0.25) is 0 Å². The molecule has 1 aromatic carbocycles. The molecule has 0 heterocycles. The van der Waals surface area contributed by atoms with Crippen molar-refractivity contribution in [3.8, 4) is 0 Å². The molecule has 0 bridgehead atoms. The molecule has 0 spiro atoms. The first-order valence-electron chi connectivity index (χ1n) is 6.71. The van der Waals surface area contributed by atoms with Gasteiger partial charge in [-0.1, -0.05) is 32.0 Å². The molecule has 0 aliphatic heterocycles. The van der Waals surface area contributed by atoms with E-state index in [-0.39, 0.29) is 5.41 Å². The van der Waals surface area contributed by atoms with E-state index in [1.165, 1.54) is 16.7 Å². The molecule has 0 saturated carbocycles. The van der Waals surface area contributed by atoms with Gasteiger partial charge in [0.1, 0.15) is 0 Å². The van der Waals surface area contributed by atoms with Gasteiger partial charge in [0.25, 0.3) is 0 Å². The zero-order chi connectivity index (χ0) is 13.6. The van der Waals surface area contributed by atoms with Crippen molar-refractivity contribution in [1.82, 2.24) is 5.32 Å². The Hall–Kier alpha value is -0.860. The Bertz CT molecular complexity index is 351. The Kier molecular flexibility index (Phi) is 5.83. The van der Waals surface area contributed by atoms with E-state index in [1.54, 1.807) is 7.11 Å². The van der Waals surface area contributed by atoms with Crippen LogP contribution in [-0.4, -0.2) is 26.8 Å². The second kappa shape index (κ2) is 6.91. The molecule has 102 valence electrons. The summed E-state index contributed by atoms with van der Waals surface area (Å²) in [6.07, 6.45) is 1.12. The van der Waals surface area contributed by atoms with E-state index in [2.05, 4.69) is 51.2 Å². The summed E-state index contributed by atoms with van der Waals surface area (Å²) < 4.78 is 5.05. The number of hydrogen-bond acceptors (Lipinski definition) is 2. The quantitative estimate of drug-likeness (QED) is 0.750. The molecule has 0 amide bonds. The van der Waals surface area contributed by atoms with Gasteiger partial charge in [-0.3, -0.25) is 0 Å². The van der Waals surface area contributed by atoms with E-state index in [0.29, 0.717) is 0 Å². The average molecular weight is 249 g/mol. The number of ether oxygens (including phenoxy) is 1. The van der Waals surface area contributed by atoms with Gasteiger partial charge in [-0.2, -0.15) is 0 Å². The largest absolute Gasteiger partial charge is 0.383 e. The molecule has 18 heavy (non-hydrogen) atoms. The number of methoxy groups -OCH3 is 1. The molecule has 0 radical (unpaired) electrons. The molecule has 0 unspecified atom stereocenters. The average Bonchev–Trinajstić information content (AvgIpc) is 2.30. The maximum Gasteiger partial charge on any atom is 0.0587 e. The van der Waals surface area contributed by atoms with Crippen molar-refractivity contribution in [3.63, 3.8) is 0 Å². The summed E-state index contributed by atoms with van der Waals surface area (Å²) in [6, 6.07) is 6.55. The van der Waals surface area contributed by atoms with Gasteiger partial charge < -0.3 is 10.1 Å². The van der Waals surface area contributed by atoms with E-state index in [1.807, 2.05) is 0 Å². The maximum atomic E-state index is 5.05. The third-order valence-corrected chi connectivity index (χ3v) is 3.39. The Morgan fingerprint density at radius 1 is 1.17 bits per heavy atom. The molecule has 0 aliphatic rings. The number of nitrogens with one attached hydrogen (secondary N) is 1. The van der Waals surface area contributed by atoms with Crippen molar-refractivity contribution in [1.29, 1.82) is 0 Å². The van der Waals surface area contributed by atoms with E-state index in [4.69, 9.17) is 4.74 Å². The van der Waals surface area contributed by atoms with E-state index in [9.17, 15) is 0 Å². The van der Waals surface area contributed by atoms with E-state index in [0.717, 1.165) is 26.1 Å². The van der Waals surface area contributed by atoms with Crippen molar-refractivity contribution in [2.24, 2.45) is 5.41 Å². The monoisotopic (exact) mass is 249 g/mol. The lowest BCUT2D eigenvalue weighted by atomic mass is 9.82. The fraction of sp³-hybridized carbons (Fsp3) is 0.625. The van der Waals surface area contributed by atoms with Crippen LogP contribution >= 0.6 is 0 Å². The molecular formula is C16H27NO. The Labute approximate surface area is 112 Å². The first-order chi connectivity index (χ1) is 8.46. The summed E-state index contributed by atoms with van der Waals surface area (Å²) in [5.41, 5.74) is 4.57. The highest BCUT2D eigenvalue weighted by molar-refractivity contribution is 5.34. The second-order valence-corrected chi connectivity index (χ2v) is 5.88. The predicted octanol–water partition coefficient (Wildman–Crippen LogP) is 3.11. The highest BCUT2D eigenvalue weighted by atomic mass is 16.5. The second-order valence-electron chi connectivity index (χ2n) is 5.88. The number of rotatable bonds is 7. The molecule has 0 fully saturated rings. The number of hydrogen-bond donors (Lipinski definition) is 1. The smallest absolute Gasteiger partial charge is 0.0587 e. The molecule has 1 rings (SSSR count). The SMILES string of the molecule is COCCNCC(C)(C)Cc1c(C)cccc1C. The first-order valence-corrected chi connectivity index (χ1v) is 6.71. The molecule has 0 saturated heterocycles. The van der Waals surface area contributed by atoms with Gasteiger partial charge in [0.2, 0.25) is 0 Å². The minimum absolute atomic E-state index is 0.268. The normalized spacial score (nSPS) is 11.8. The van der Waals surface area contributed by atoms with Gasteiger partial charge >= 0.3 is 0 Å². The summed E-state index contributed by atoms with van der Waals surface area (Å²) in [6.45, 7) is 11.8. The van der Waals surface area contributed by atoms with Crippen molar-refractivity contribution in [3.05, 3.63) is 34.9 Å². The third kappa shape index (κ3) is 4.79. The van der Waals surface area contributed by atoms with Gasteiger partial charge in [0.15, 0.2) is 0 Å². The van der Waals surface area contributed by atoms with Crippen LogP contribution < -0.4 is 5.32 Å². The fourth-order valence-corrected chi connectivity index (χ4v) is 2.27. The van der Waals surface area contributed by atoms with Gasteiger partial charge in [-0.05, 0) is 42.4 Å². The minimum atomic E-state index is 0.268. The summed E-state index contributed by atoms with van der Waals surface area (Å²) >= 11 is 0. The van der Waals surface area contributed by atoms with E-state index >= 15 is 0 Å². The highest BCUT2D eigenvalue weighted by Gasteiger charge is 2.19. The van der Waals surface area contributed by atoms with Crippen LogP contribution in [0.25, 0.3) is 0 Å². The Morgan fingerprint density at radius 2 is 1.78 bits per heavy atom. The summed E-state index contributed by atoms with van der Waals surface area (Å²) in [4.78, 5) is 0. The minimum Gasteiger partial charge on any atom is -0.383 e. The molecule has 2 nitrogen and oxygen atoms in total. The van der Waals surface area contributed by atoms with Crippen LogP contribution in [0.4, 0.5) is 0 Å². The lowest BCUT2D eigenvalue weighted by molar-refractivity contribution is 0.194. The molecule has 2 heteroatoms. The summed E-state index contributed by atoms with van der Waals surface area (Å²) in [7, 11) is 1.74. The van der Waals surface area contributed by atoms with Gasteiger partial charge in [-0.15, -0.1) is 0 Å². The fourth-order valence-electron chi connectivity index (χ4n) is 2.27. The van der Waals surface area contributed by atoms with Gasteiger partial charge in [0.05, 0.1) is 6.61 Å². The zero-order valence-corrected chi connectivity index (χ0v) is 12.5. The standard InChI is InChI=1S/C16H27NO/c1-13-7-6-8-14(2)15(13)11-16(3,4)12-17-9-10-18-5/h6-8,17H,9-12H2,1-5H3. The molecule has 0 atom stereocenters. The van der Waals surface area contributed by atoms with Gasteiger partial charge in [-0.25, -0.2) is 0 Å². The number of benzene rings is 1. The summed E-state index contributed by atoms with van der Waals surface area (Å²) in [5.74, 6) is 0. The van der Waals surface area contributed by atoms with Crippen LogP contribution in [0.3, 0.4) is 0 Å². The Balaban J connectivity index is 2.59. The predicted molar refractivity (Wildman–Crippen MR) is 78.1 cm³/mol. The van der Waals surface area contributed by atoms with Gasteiger partial charge in [0, 0.05) is 20.2 Å². The molecule has 1 aromatic rings.